The number of anilines is 3. The lowest BCUT2D eigenvalue weighted by molar-refractivity contribution is 1.26. The van der Waals surface area contributed by atoms with Gasteiger partial charge in [0, 0.05) is 23.5 Å². The van der Waals surface area contributed by atoms with E-state index in [-0.39, 0.29) is 5.69 Å². The van der Waals surface area contributed by atoms with Crippen molar-refractivity contribution in [2.45, 2.75) is 0 Å². The van der Waals surface area contributed by atoms with Crippen LogP contribution in [0.25, 0.3) is 10.8 Å². The molecule has 3 aromatic rings. The molecule has 20 heavy (non-hydrogen) atoms. The maximum atomic E-state index is 8.95. The van der Waals surface area contributed by atoms with Crippen molar-refractivity contribution in [2.24, 2.45) is 0 Å². The Hall–Kier alpha value is -3.13. The van der Waals surface area contributed by atoms with Gasteiger partial charge in [-0.3, -0.25) is 4.98 Å². The monoisotopic (exact) mass is 261 g/mol. The molecule has 0 bridgehead atoms. The summed E-state index contributed by atoms with van der Waals surface area (Å²) in [6.07, 6.45) is 3.54. The molecule has 0 aliphatic carbocycles. The lowest BCUT2D eigenvalue weighted by Gasteiger charge is -2.09. The van der Waals surface area contributed by atoms with E-state index in [0.29, 0.717) is 11.5 Å². The zero-order chi connectivity index (χ0) is 13.9. The molecule has 0 saturated heterocycles. The second kappa shape index (κ2) is 4.86. The summed E-state index contributed by atoms with van der Waals surface area (Å²) in [7, 11) is 0. The van der Waals surface area contributed by atoms with E-state index in [2.05, 4.69) is 15.3 Å². The minimum absolute atomic E-state index is 0.216. The van der Waals surface area contributed by atoms with Gasteiger partial charge in [0.1, 0.15) is 11.9 Å². The van der Waals surface area contributed by atoms with Crippen molar-refractivity contribution in [3.05, 3.63) is 54.5 Å². The van der Waals surface area contributed by atoms with Gasteiger partial charge in [-0.05, 0) is 29.7 Å². The Labute approximate surface area is 115 Å². The van der Waals surface area contributed by atoms with E-state index < -0.39 is 0 Å². The summed E-state index contributed by atoms with van der Waals surface area (Å²) in [6, 6.07) is 13.2. The first-order chi connectivity index (χ1) is 9.78. The molecule has 0 aliphatic heterocycles. The Balaban J connectivity index is 2.04. The standard InChI is InChI=1S/C15H11N5/c16-8-14-12(17)4-5-15(20-14)19-13-3-1-2-10-6-7-18-9-11(10)13/h1-7,9H,17H2,(H,19,20). The zero-order valence-electron chi connectivity index (χ0n) is 10.5. The fraction of sp³-hybridized carbons (Fsp3) is 0. The first-order valence-corrected chi connectivity index (χ1v) is 6.04. The lowest BCUT2D eigenvalue weighted by atomic mass is 10.1. The topological polar surface area (TPSA) is 87.6 Å². The van der Waals surface area contributed by atoms with Crippen molar-refractivity contribution in [3.63, 3.8) is 0 Å². The number of nitrogens with zero attached hydrogens (tertiary/aromatic N) is 3. The SMILES string of the molecule is N#Cc1nc(Nc2cccc3ccncc23)ccc1N. The highest BCUT2D eigenvalue weighted by Gasteiger charge is 2.05. The molecule has 0 spiro atoms. The molecular formula is C15H11N5. The maximum absolute atomic E-state index is 8.95. The van der Waals surface area contributed by atoms with E-state index in [0.717, 1.165) is 16.5 Å². The molecule has 0 unspecified atom stereocenters. The largest absolute Gasteiger partial charge is 0.396 e. The molecule has 5 nitrogen and oxygen atoms in total. The van der Waals surface area contributed by atoms with Crippen molar-refractivity contribution < 1.29 is 0 Å². The summed E-state index contributed by atoms with van der Waals surface area (Å²) in [5.41, 5.74) is 7.14. The third-order valence-corrected chi connectivity index (χ3v) is 2.98. The van der Waals surface area contributed by atoms with Gasteiger partial charge in [0.15, 0.2) is 5.69 Å². The fourth-order valence-electron chi connectivity index (χ4n) is 1.99. The second-order valence-electron chi connectivity index (χ2n) is 4.27. The van der Waals surface area contributed by atoms with Crippen LogP contribution < -0.4 is 11.1 Å². The molecular weight excluding hydrogens is 250 g/mol. The Morgan fingerprint density at radius 3 is 2.90 bits per heavy atom. The van der Waals surface area contributed by atoms with Crippen LogP contribution in [-0.4, -0.2) is 9.97 Å². The van der Waals surface area contributed by atoms with Gasteiger partial charge >= 0.3 is 0 Å². The smallest absolute Gasteiger partial charge is 0.165 e. The van der Waals surface area contributed by atoms with Crippen LogP contribution in [0.3, 0.4) is 0 Å². The highest BCUT2D eigenvalue weighted by molar-refractivity contribution is 5.94. The molecule has 96 valence electrons. The number of nitriles is 1. The van der Waals surface area contributed by atoms with Gasteiger partial charge < -0.3 is 11.1 Å². The Morgan fingerprint density at radius 2 is 2.05 bits per heavy atom. The summed E-state index contributed by atoms with van der Waals surface area (Å²) in [5, 5.41) is 14.2. The molecule has 0 fully saturated rings. The number of nitrogens with two attached hydrogens (primary N) is 1. The van der Waals surface area contributed by atoms with Crippen LogP contribution in [0.1, 0.15) is 5.69 Å². The van der Waals surface area contributed by atoms with Crippen LogP contribution in [0.15, 0.2) is 48.8 Å². The van der Waals surface area contributed by atoms with E-state index in [1.165, 1.54) is 0 Å². The quantitative estimate of drug-likeness (QED) is 0.740. The normalized spacial score (nSPS) is 10.2. The average molecular weight is 261 g/mol. The Kier molecular flexibility index (Phi) is 2.90. The first-order valence-electron chi connectivity index (χ1n) is 6.04. The van der Waals surface area contributed by atoms with Gasteiger partial charge in [0.05, 0.1) is 5.69 Å². The van der Waals surface area contributed by atoms with E-state index in [1.807, 2.05) is 30.3 Å². The minimum Gasteiger partial charge on any atom is -0.396 e. The van der Waals surface area contributed by atoms with Crippen LogP contribution >= 0.6 is 0 Å². The predicted octanol–water partition coefficient (Wildman–Crippen LogP) is 2.83. The molecule has 0 saturated carbocycles. The number of aromatic nitrogens is 2. The number of pyridine rings is 2. The number of benzene rings is 1. The van der Waals surface area contributed by atoms with Gasteiger partial charge in [0.2, 0.25) is 0 Å². The summed E-state index contributed by atoms with van der Waals surface area (Å²) in [5.74, 6) is 0.576. The van der Waals surface area contributed by atoms with Crippen molar-refractivity contribution >= 4 is 28.0 Å². The first kappa shape index (κ1) is 11.9. The summed E-state index contributed by atoms with van der Waals surface area (Å²) in [6.45, 7) is 0. The van der Waals surface area contributed by atoms with Gasteiger partial charge in [-0.15, -0.1) is 0 Å². The van der Waals surface area contributed by atoms with E-state index in [9.17, 15) is 0 Å². The summed E-state index contributed by atoms with van der Waals surface area (Å²) >= 11 is 0. The van der Waals surface area contributed by atoms with Crippen molar-refractivity contribution in [1.29, 1.82) is 5.26 Å². The fourth-order valence-corrected chi connectivity index (χ4v) is 1.99. The van der Waals surface area contributed by atoms with Crippen LogP contribution in [-0.2, 0) is 0 Å². The Bertz CT molecular complexity index is 815. The van der Waals surface area contributed by atoms with Crippen LogP contribution in [0.2, 0.25) is 0 Å². The number of hydrogen-bond donors (Lipinski definition) is 2. The van der Waals surface area contributed by atoms with Crippen molar-refractivity contribution in [3.8, 4) is 6.07 Å². The lowest BCUT2D eigenvalue weighted by Crippen LogP contribution is -1.99. The molecule has 3 N–H and O–H groups in total. The molecule has 5 heteroatoms. The average Bonchev–Trinajstić information content (AvgIpc) is 2.49. The number of nitrogens with one attached hydrogen (secondary N) is 1. The molecule has 3 rings (SSSR count). The number of rotatable bonds is 2. The maximum Gasteiger partial charge on any atom is 0.165 e. The number of fused-ring (bicyclic) bond motifs is 1. The highest BCUT2D eigenvalue weighted by Crippen LogP contribution is 2.25. The second-order valence-corrected chi connectivity index (χ2v) is 4.27. The Morgan fingerprint density at radius 1 is 1.15 bits per heavy atom. The molecule has 0 amide bonds. The highest BCUT2D eigenvalue weighted by atomic mass is 15.0. The summed E-state index contributed by atoms with van der Waals surface area (Å²) < 4.78 is 0. The van der Waals surface area contributed by atoms with Crippen LogP contribution in [0.5, 0.6) is 0 Å². The van der Waals surface area contributed by atoms with Gasteiger partial charge in [-0.2, -0.15) is 5.26 Å². The van der Waals surface area contributed by atoms with Gasteiger partial charge in [0.25, 0.3) is 0 Å². The predicted molar refractivity (Wildman–Crippen MR) is 78.4 cm³/mol. The molecule has 0 atom stereocenters. The van der Waals surface area contributed by atoms with Gasteiger partial charge in [-0.1, -0.05) is 12.1 Å². The van der Waals surface area contributed by atoms with E-state index in [4.69, 9.17) is 11.0 Å². The van der Waals surface area contributed by atoms with Crippen LogP contribution in [0, 0.1) is 11.3 Å². The molecule has 0 aliphatic rings. The minimum atomic E-state index is 0.216. The zero-order valence-corrected chi connectivity index (χ0v) is 10.5. The van der Waals surface area contributed by atoms with E-state index >= 15 is 0 Å². The van der Waals surface area contributed by atoms with Gasteiger partial charge in [-0.25, -0.2) is 4.98 Å². The van der Waals surface area contributed by atoms with Crippen molar-refractivity contribution in [2.75, 3.05) is 11.1 Å². The van der Waals surface area contributed by atoms with Crippen molar-refractivity contribution in [1.82, 2.24) is 9.97 Å². The summed E-state index contributed by atoms with van der Waals surface area (Å²) in [4.78, 5) is 8.31. The number of hydrogen-bond acceptors (Lipinski definition) is 5. The third-order valence-electron chi connectivity index (χ3n) is 2.98. The molecule has 2 heterocycles. The molecule has 0 radical (unpaired) electrons. The molecule has 1 aromatic carbocycles. The van der Waals surface area contributed by atoms with Crippen LogP contribution in [0.4, 0.5) is 17.2 Å². The third kappa shape index (κ3) is 2.10. The number of nitrogen functional groups attached to an aromatic ring is 1. The van der Waals surface area contributed by atoms with E-state index in [1.54, 1.807) is 24.5 Å². The molecule has 2 aromatic heterocycles.